The van der Waals surface area contributed by atoms with Crippen molar-refractivity contribution in [2.24, 2.45) is 0 Å². The molecule has 0 bridgehead atoms. The van der Waals surface area contributed by atoms with Gasteiger partial charge in [0, 0.05) is 37.4 Å². The molecule has 0 radical (unpaired) electrons. The third-order valence-corrected chi connectivity index (χ3v) is 5.16. The van der Waals surface area contributed by atoms with Crippen molar-refractivity contribution in [2.45, 2.75) is 6.54 Å². The molecule has 1 saturated heterocycles. The van der Waals surface area contributed by atoms with Gasteiger partial charge in [-0.1, -0.05) is 12.1 Å². The van der Waals surface area contributed by atoms with Crippen LogP contribution in [0.4, 0.5) is 10.5 Å². The van der Waals surface area contributed by atoms with Crippen molar-refractivity contribution in [1.29, 1.82) is 0 Å². The van der Waals surface area contributed by atoms with E-state index in [-0.39, 0.29) is 12.6 Å². The second-order valence-corrected chi connectivity index (χ2v) is 7.59. The van der Waals surface area contributed by atoms with E-state index in [1.807, 2.05) is 24.3 Å². The van der Waals surface area contributed by atoms with Crippen LogP contribution >= 0.6 is 0 Å². The highest BCUT2D eigenvalue weighted by atomic mass is 16.5. The summed E-state index contributed by atoms with van der Waals surface area (Å²) in [7, 11) is 1.25. The smallest absolute Gasteiger partial charge is 0.325 e. The van der Waals surface area contributed by atoms with Crippen molar-refractivity contribution < 1.29 is 28.6 Å². The maximum Gasteiger partial charge on any atom is 0.325 e. The molecule has 1 fully saturated rings. The number of morpholine rings is 1. The second kappa shape index (κ2) is 13.2. The Balaban J connectivity index is 1.40. The zero-order valence-corrected chi connectivity index (χ0v) is 19.2. The van der Waals surface area contributed by atoms with Crippen molar-refractivity contribution in [2.75, 3.05) is 58.4 Å². The first-order valence-corrected chi connectivity index (χ1v) is 11.1. The predicted octanol–water partition coefficient (Wildman–Crippen LogP) is 1.62. The third kappa shape index (κ3) is 8.38. The molecule has 0 aliphatic carbocycles. The molecule has 10 heteroatoms. The Morgan fingerprint density at radius 1 is 1.03 bits per heavy atom. The summed E-state index contributed by atoms with van der Waals surface area (Å²) in [6.45, 7) is 4.94. The molecular formula is C24H30N4O6. The van der Waals surface area contributed by atoms with Crippen LogP contribution < -0.4 is 20.7 Å². The van der Waals surface area contributed by atoms with Crippen molar-refractivity contribution in [3.63, 3.8) is 0 Å². The lowest BCUT2D eigenvalue weighted by Crippen LogP contribution is -2.38. The summed E-state index contributed by atoms with van der Waals surface area (Å²) < 4.78 is 15.7. The third-order valence-electron chi connectivity index (χ3n) is 5.16. The number of methoxy groups -OCH3 is 1. The number of amides is 3. The first-order chi connectivity index (χ1) is 16.5. The number of carbonyl (C=O) groups is 3. The zero-order chi connectivity index (χ0) is 24.2. The lowest BCUT2D eigenvalue weighted by Gasteiger charge is -2.26. The molecule has 0 spiro atoms. The van der Waals surface area contributed by atoms with Crippen molar-refractivity contribution >= 4 is 23.6 Å². The molecule has 34 heavy (non-hydrogen) atoms. The van der Waals surface area contributed by atoms with E-state index in [4.69, 9.17) is 9.47 Å². The minimum absolute atomic E-state index is 0.210. The van der Waals surface area contributed by atoms with Crippen molar-refractivity contribution in [1.82, 2.24) is 15.5 Å². The van der Waals surface area contributed by atoms with Gasteiger partial charge < -0.3 is 30.2 Å². The van der Waals surface area contributed by atoms with E-state index in [2.05, 4.69) is 25.6 Å². The molecule has 0 aromatic heterocycles. The van der Waals surface area contributed by atoms with Gasteiger partial charge in [-0.3, -0.25) is 14.5 Å². The van der Waals surface area contributed by atoms with Gasteiger partial charge in [-0.15, -0.1) is 0 Å². The van der Waals surface area contributed by atoms with Gasteiger partial charge >= 0.3 is 12.0 Å². The molecule has 1 aliphatic heterocycles. The quantitative estimate of drug-likeness (QED) is 0.452. The van der Waals surface area contributed by atoms with E-state index in [9.17, 15) is 14.4 Å². The standard InChI is InChI=1S/C24H30N4O6/c1-32-22(29)17-25-23(30)19-5-7-20(8-6-19)27-24(31)26-16-18-3-2-4-21(15-18)34-14-11-28-9-12-33-13-10-28/h2-8,15H,9-14,16-17H2,1H3,(H,25,30)(H2,26,27,31). The SMILES string of the molecule is COC(=O)CNC(=O)c1ccc(NC(=O)NCc2cccc(OCCN3CCOCC3)c2)cc1. The fourth-order valence-corrected chi connectivity index (χ4v) is 3.25. The lowest BCUT2D eigenvalue weighted by atomic mass is 10.2. The minimum Gasteiger partial charge on any atom is -0.492 e. The summed E-state index contributed by atoms with van der Waals surface area (Å²) >= 11 is 0. The number of carbonyl (C=O) groups excluding carboxylic acids is 3. The van der Waals surface area contributed by atoms with Crippen LogP contribution in [0.1, 0.15) is 15.9 Å². The van der Waals surface area contributed by atoms with Crippen LogP contribution in [0.15, 0.2) is 48.5 Å². The van der Waals surface area contributed by atoms with Gasteiger partial charge in [0.05, 0.1) is 20.3 Å². The summed E-state index contributed by atoms with van der Waals surface area (Å²) in [5.74, 6) is -0.184. The zero-order valence-electron chi connectivity index (χ0n) is 19.2. The summed E-state index contributed by atoms with van der Waals surface area (Å²) in [5, 5.41) is 7.97. The van der Waals surface area contributed by atoms with Gasteiger partial charge in [0.1, 0.15) is 18.9 Å². The summed E-state index contributed by atoms with van der Waals surface area (Å²) in [5.41, 5.74) is 1.80. The van der Waals surface area contributed by atoms with Crippen LogP contribution in [0.25, 0.3) is 0 Å². The van der Waals surface area contributed by atoms with E-state index < -0.39 is 11.9 Å². The maximum absolute atomic E-state index is 12.2. The van der Waals surface area contributed by atoms with Gasteiger partial charge in [-0.05, 0) is 42.0 Å². The molecule has 0 unspecified atom stereocenters. The van der Waals surface area contributed by atoms with Crippen LogP contribution in [-0.4, -0.2) is 75.9 Å². The second-order valence-electron chi connectivity index (χ2n) is 7.59. The number of esters is 1. The van der Waals surface area contributed by atoms with E-state index in [1.165, 1.54) is 7.11 Å². The molecule has 2 aromatic carbocycles. The minimum atomic E-state index is -0.534. The molecule has 0 atom stereocenters. The molecule has 3 amide bonds. The fourth-order valence-electron chi connectivity index (χ4n) is 3.25. The van der Waals surface area contributed by atoms with Gasteiger partial charge in [-0.2, -0.15) is 0 Å². The highest BCUT2D eigenvalue weighted by Crippen LogP contribution is 2.14. The van der Waals surface area contributed by atoms with Crippen molar-refractivity contribution in [3.8, 4) is 5.75 Å². The summed E-state index contributed by atoms with van der Waals surface area (Å²) in [4.78, 5) is 37.7. The van der Waals surface area contributed by atoms with Crippen molar-refractivity contribution in [3.05, 3.63) is 59.7 Å². The first-order valence-electron chi connectivity index (χ1n) is 11.1. The van der Waals surface area contributed by atoms with Crippen LogP contribution in [0.5, 0.6) is 5.75 Å². The Morgan fingerprint density at radius 2 is 1.79 bits per heavy atom. The number of rotatable bonds is 10. The van der Waals surface area contributed by atoms with E-state index in [0.29, 0.717) is 24.4 Å². The Morgan fingerprint density at radius 3 is 2.53 bits per heavy atom. The summed E-state index contributed by atoms with van der Waals surface area (Å²) in [6, 6.07) is 13.6. The monoisotopic (exact) mass is 470 g/mol. The molecule has 2 aromatic rings. The fraction of sp³-hybridized carbons (Fsp3) is 0.375. The lowest BCUT2D eigenvalue weighted by molar-refractivity contribution is -0.139. The Kier molecular flexibility index (Phi) is 9.68. The highest BCUT2D eigenvalue weighted by molar-refractivity contribution is 5.96. The Hall–Kier alpha value is -3.63. The van der Waals surface area contributed by atoms with E-state index in [1.54, 1.807) is 24.3 Å². The Bertz CT molecular complexity index is 960. The maximum atomic E-state index is 12.2. The van der Waals surface area contributed by atoms with Gasteiger partial charge in [-0.25, -0.2) is 4.79 Å². The largest absolute Gasteiger partial charge is 0.492 e. The number of anilines is 1. The average Bonchev–Trinajstić information content (AvgIpc) is 2.87. The topological polar surface area (TPSA) is 118 Å². The van der Waals surface area contributed by atoms with Gasteiger partial charge in [0.25, 0.3) is 5.91 Å². The normalized spacial score (nSPS) is 13.6. The molecule has 182 valence electrons. The number of urea groups is 1. The van der Waals surface area contributed by atoms with Gasteiger partial charge in [0.2, 0.25) is 0 Å². The van der Waals surface area contributed by atoms with Crippen LogP contribution in [0.3, 0.4) is 0 Å². The Labute approximate surface area is 198 Å². The van der Waals surface area contributed by atoms with Crippen LogP contribution in [-0.2, 0) is 20.8 Å². The number of ether oxygens (including phenoxy) is 3. The molecule has 3 rings (SSSR count). The number of nitrogens with zero attached hydrogens (tertiary/aromatic N) is 1. The summed E-state index contributed by atoms with van der Waals surface area (Å²) in [6.07, 6.45) is 0. The van der Waals surface area contributed by atoms with Crippen LogP contribution in [0, 0.1) is 0 Å². The number of nitrogens with one attached hydrogen (secondary N) is 3. The number of hydrogen-bond acceptors (Lipinski definition) is 7. The molecule has 10 nitrogen and oxygen atoms in total. The molecule has 1 aliphatic rings. The predicted molar refractivity (Wildman–Crippen MR) is 126 cm³/mol. The van der Waals surface area contributed by atoms with Gasteiger partial charge in [0.15, 0.2) is 0 Å². The van der Waals surface area contributed by atoms with Crippen LogP contribution in [0.2, 0.25) is 0 Å². The first kappa shape index (κ1) is 25.0. The molecule has 3 N–H and O–H groups in total. The van der Waals surface area contributed by atoms with E-state index in [0.717, 1.165) is 44.2 Å². The average molecular weight is 471 g/mol. The number of hydrogen-bond donors (Lipinski definition) is 3. The van der Waals surface area contributed by atoms with E-state index >= 15 is 0 Å². The molecule has 1 heterocycles. The molecular weight excluding hydrogens is 440 g/mol. The highest BCUT2D eigenvalue weighted by Gasteiger charge is 2.11. The number of benzene rings is 2. The molecule has 0 saturated carbocycles.